The van der Waals surface area contributed by atoms with E-state index in [1.165, 1.54) is 9.91 Å². The monoisotopic (exact) mass is 500 g/mol. The second-order valence-electron chi connectivity index (χ2n) is 8.38. The van der Waals surface area contributed by atoms with E-state index in [4.69, 9.17) is 26.2 Å². The van der Waals surface area contributed by atoms with Crippen molar-refractivity contribution in [3.05, 3.63) is 34.8 Å². The summed E-state index contributed by atoms with van der Waals surface area (Å²) in [5.74, 6) is 3.29. The normalized spacial score (nSPS) is 15.9. The number of likely N-dealkylation sites (tertiary alicyclic amines) is 1. The number of piperidine rings is 1. The van der Waals surface area contributed by atoms with Crippen LogP contribution in [0.15, 0.2) is 17.8 Å². The number of hydrogen-bond donors (Lipinski definition) is 3. The zero-order valence-corrected chi connectivity index (χ0v) is 21.0. The van der Waals surface area contributed by atoms with E-state index in [-0.39, 0.29) is 26.0 Å². The van der Waals surface area contributed by atoms with Crippen LogP contribution in [0.4, 0.5) is 13.6 Å². The average molecular weight is 501 g/mol. The molecule has 1 fully saturated rings. The van der Waals surface area contributed by atoms with E-state index in [9.17, 15) is 13.6 Å². The Morgan fingerprint density at radius 1 is 1.34 bits per heavy atom. The average Bonchev–Trinajstić information content (AvgIpc) is 2.79. The Bertz CT molecular complexity index is 866. The number of carbonyl (C=O) groups excluding carboxylic acids is 1. The second-order valence-corrected chi connectivity index (χ2v) is 8.38. The van der Waals surface area contributed by atoms with Gasteiger partial charge in [0.15, 0.2) is 0 Å². The van der Waals surface area contributed by atoms with Gasteiger partial charge >= 0.3 is 6.09 Å². The summed E-state index contributed by atoms with van der Waals surface area (Å²) in [6, 6.07) is 3.62. The summed E-state index contributed by atoms with van der Waals surface area (Å²) < 4.78 is 32.9. The van der Waals surface area contributed by atoms with Crippen LogP contribution in [0.1, 0.15) is 50.1 Å². The highest BCUT2D eigenvalue weighted by Crippen LogP contribution is 2.28. The van der Waals surface area contributed by atoms with Gasteiger partial charge in [-0.15, -0.1) is 0 Å². The molecule has 1 aromatic heterocycles. The van der Waals surface area contributed by atoms with Gasteiger partial charge < -0.3 is 25.5 Å². The van der Waals surface area contributed by atoms with Gasteiger partial charge in [-0.3, -0.25) is 14.7 Å². The quantitative estimate of drug-likeness (QED) is 0.265. The molecule has 0 atom stereocenters. The number of carbonyl (C=O) groups is 2. The van der Waals surface area contributed by atoms with Gasteiger partial charge in [0.05, 0.1) is 23.6 Å². The Labute approximate surface area is 205 Å². The molecule has 0 spiro atoms. The highest BCUT2D eigenvalue weighted by Gasteiger charge is 2.35. The predicted octanol–water partition coefficient (Wildman–Crippen LogP) is 2.49. The third-order valence-electron chi connectivity index (χ3n) is 5.48. The highest BCUT2D eigenvalue weighted by molar-refractivity contribution is 5.68. The van der Waals surface area contributed by atoms with Crippen molar-refractivity contribution < 1.29 is 28.2 Å². The summed E-state index contributed by atoms with van der Waals surface area (Å²) >= 11 is 0. The van der Waals surface area contributed by atoms with E-state index in [1.54, 1.807) is 25.1 Å². The molecular formula is C23H38F2N6O4. The molecule has 0 radical (unpaired) electrons. The van der Waals surface area contributed by atoms with Crippen molar-refractivity contribution in [3.63, 3.8) is 0 Å². The van der Waals surface area contributed by atoms with Crippen LogP contribution >= 0.6 is 0 Å². The van der Waals surface area contributed by atoms with E-state index in [2.05, 4.69) is 4.98 Å². The molecule has 1 amide bonds. The molecule has 0 aliphatic carbocycles. The lowest BCUT2D eigenvalue weighted by Gasteiger charge is -2.32. The smallest absolute Gasteiger partial charge is 0.409 e. The summed E-state index contributed by atoms with van der Waals surface area (Å²) in [7, 11) is 3.27. The molecule has 1 aliphatic heterocycles. The van der Waals surface area contributed by atoms with Gasteiger partial charge in [-0.1, -0.05) is 19.9 Å². The number of hydrogen-bond acceptors (Lipinski definition) is 8. The number of nitrogens with two attached hydrogens (primary N) is 2. The molecule has 1 aromatic rings. The van der Waals surface area contributed by atoms with Crippen LogP contribution in [0.2, 0.25) is 0 Å². The number of nitrogens with zero attached hydrogens (tertiary/aromatic N) is 4. The summed E-state index contributed by atoms with van der Waals surface area (Å²) in [6.45, 7) is 4.99. The minimum Gasteiger partial charge on any atom is -0.483 e. The van der Waals surface area contributed by atoms with E-state index >= 15 is 0 Å². The SMILES string of the molecule is CCCN(C)C(=O)OC/C(=C(/N)c1ccc(CN2CCCC(F)(F)C2)c(CC)n1)N(C)N.O=CO. The molecule has 0 bridgehead atoms. The fraction of sp³-hybridized carbons (Fsp3) is 0.609. The number of aromatic nitrogens is 1. The molecule has 0 saturated carbocycles. The molecule has 35 heavy (non-hydrogen) atoms. The fourth-order valence-corrected chi connectivity index (χ4v) is 3.74. The Balaban J connectivity index is 0.00000194. The van der Waals surface area contributed by atoms with Crippen LogP contribution in [-0.4, -0.2) is 83.7 Å². The van der Waals surface area contributed by atoms with Gasteiger partial charge in [0.2, 0.25) is 0 Å². The maximum Gasteiger partial charge on any atom is 0.409 e. The van der Waals surface area contributed by atoms with Crippen LogP contribution in [0.25, 0.3) is 5.70 Å². The molecule has 2 rings (SSSR count). The molecule has 0 aromatic carbocycles. The molecule has 198 valence electrons. The summed E-state index contributed by atoms with van der Waals surface area (Å²) in [5.41, 5.74) is 9.24. The zero-order chi connectivity index (χ0) is 26.6. The second kappa shape index (κ2) is 14.4. The number of rotatable bonds is 9. The van der Waals surface area contributed by atoms with Crippen molar-refractivity contribution in [3.8, 4) is 0 Å². The first-order valence-electron chi connectivity index (χ1n) is 11.5. The maximum absolute atomic E-state index is 13.8. The lowest BCUT2D eigenvalue weighted by atomic mass is 10.0. The molecule has 1 saturated heterocycles. The molecule has 0 unspecified atom stereocenters. The molecule has 5 N–H and O–H groups in total. The number of alkyl halides is 2. The van der Waals surface area contributed by atoms with Crippen molar-refractivity contribution in [2.75, 3.05) is 40.3 Å². The number of hydrazine groups is 1. The van der Waals surface area contributed by atoms with E-state index in [0.717, 1.165) is 17.7 Å². The van der Waals surface area contributed by atoms with Crippen LogP contribution in [0.3, 0.4) is 0 Å². The standard InChI is InChI=1S/C22H36F2N6O2.CH2O2/c1-5-11-28(3)21(31)32-14-19(29(4)26)20(25)18-9-8-16(17(6-2)27-18)13-30-12-7-10-22(23,24)15-30;2-1-3/h8-9H,5-7,10-15,25-26H2,1-4H3;1H,(H,2,3)/b20-19-;. The molecule has 1 aliphatic rings. The Morgan fingerprint density at radius 2 is 2.00 bits per heavy atom. The minimum atomic E-state index is -2.64. The summed E-state index contributed by atoms with van der Waals surface area (Å²) in [6.07, 6.45) is 1.41. The van der Waals surface area contributed by atoms with Crippen LogP contribution in [0, 0.1) is 0 Å². The number of halogens is 2. The van der Waals surface area contributed by atoms with Crippen LogP contribution in [0.5, 0.6) is 0 Å². The van der Waals surface area contributed by atoms with Crippen molar-refractivity contribution in [1.29, 1.82) is 0 Å². The van der Waals surface area contributed by atoms with Gasteiger partial charge in [-0.05, 0) is 37.4 Å². The molecule has 2 heterocycles. The van der Waals surface area contributed by atoms with Crippen molar-refractivity contribution in [1.82, 2.24) is 19.8 Å². The lowest BCUT2D eigenvalue weighted by molar-refractivity contribution is -0.122. The number of amides is 1. The lowest BCUT2D eigenvalue weighted by Crippen LogP contribution is -2.42. The van der Waals surface area contributed by atoms with E-state index in [1.807, 2.05) is 19.9 Å². The van der Waals surface area contributed by atoms with Gasteiger partial charge in [-0.25, -0.2) is 19.4 Å². The maximum atomic E-state index is 13.8. The predicted molar refractivity (Wildman–Crippen MR) is 129 cm³/mol. The largest absolute Gasteiger partial charge is 0.483 e. The first-order chi connectivity index (χ1) is 16.5. The number of carboxylic acid groups (broad SMARTS) is 1. The minimum absolute atomic E-state index is 0.0587. The molecular weight excluding hydrogens is 462 g/mol. The van der Waals surface area contributed by atoms with Crippen LogP contribution < -0.4 is 11.6 Å². The zero-order valence-electron chi connectivity index (χ0n) is 21.0. The van der Waals surface area contributed by atoms with Crippen molar-refractivity contribution in [2.24, 2.45) is 11.6 Å². The molecule has 12 heteroatoms. The van der Waals surface area contributed by atoms with Gasteiger partial charge in [-0.2, -0.15) is 0 Å². The van der Waals surface area contributed by atoms with Crippen molar-refractivity contribution >= 4 is 18.3 Å². The number of ether oxygens (including phenoxy) is 1. The van der Waals surface area contributed by atoms with E-state index in [0.29, 0.717) is 49.6 Å². The molecule has 10 nitrogen and oxygen atoms in total. The Kier molecular flexibility index (Phi) is 12.4. The summed E-state index contributed by atoms with van der Waals surface area (Å²) in [4.78, 5) is 28.4. The third kappa shape index (κ3) is 9.65. The first-order valence-corrected chi connectivity index (χ1v) is 11.5. The fourth-order valence-electron chi connectivity index (χ4n) is 3.74. The van der Waals surface area contributed by atoms with Crippen LogP contribution in [-0.2, 0) is 22.5 Å². The van der Waals surface area contributed by atoms with Crippen molar-refractivity contribution in [2.45, 2.75) is 52.0 Å². The van der Waals surface area contributed by atoms with Gasteiger partial charge in [0.1, 0.15) is 6.61 Å². The highest BCUT2D eigenvalue weighted by atomic mass is 19.3. The summed E-state index contributed by atoms with van der Waals surface area (Å²) in [5, 5.41) is 8.19. The van der Waals surface area contributed by atoms with Gasteiger partial charge in [0, 0.05) is 39.3 Å². The topological polar surface area (TPSA) is 138 Å². The van der Waals surface area contributed by atoms with E-state index < -0.39 is 12.0 Å². The number of pyridine rings is 1. The Morgan fingerprint density at radius 3 is 2.54 bits per heavy atom. The van der Waals surface area contributed by atoms with Gasteiger partial charge in [0.25, 0.3) is 12.4 Å². The number of aryl methyl sites for hydroxylation is 1. The first kappa shape index (κ1) is 30.0. The Hall–Kier alpha value is -2.99. The number of likely N-dealkylation sites (N-methyl/N-ethyl adjacent to an activating group) is 1. The third-order valence-corrected chi connectivity index (χ3v) is 5.48.